The van der Waals surface area contributed by atoms with Crippen molar-refractivity contribution in [2.75, 3.05) is 9.80 Å². The molecule has 0 saturated carbocycles. The van der Waals surface area contributed by atoms with E-state index >= 15 is 0 Å². The van der Waals surface area contributed by atoms with Crippen LogP contribution in [0, 0.1) is 6.92 Å². The molecule has 10 rings (SSSR count). The third kappa shape index (κ3) is 3.40. The molecule has 0 unspecified atom stereocenters. The van der Waals surface area contributed by atoms with Gasteiger partial charge in [0.25, 0.3) is 0 Å². The first-order chi connectivity index (χ1) is 23.2. The molecular formula is C42H36N4OPt. The Morgan fingerprint density at radius 2 is 1.19 bits per heavy atom. The van der Waals surface area contributed by atoms with Crippen LogP contribution in [0.3, 0.4) is 0 Å². The maximum atomic E-state index is 6.77. The normalized spacial score (nSPS) is 19.8. The van der Waals surface area contributed by atoms with Gasteiger partial charge in [-0.3, -0.25) is 0 Å². The zero-order valence-electron chi connectivity index (χ0n) is 27.6. The van der Waals surface area contributed by atoms with E-state index in [1.54, 1.807) is 0 Å². The summed E-state index contributed by atoms with van der Waals surface area (Å²) in [4.78, 5) is 10.5. The molecule has 4 aliphatic heterocycles. The monoisotopic (exact) mass is 807 g/mol. The molecule has 5 aromatic rings. The molecule has 0 aromatic heterocycles. The van der Waals surface area contributed by atoms with E-state index in [2.05, 4.69) is 182 Å². The summed E-state index contributed by atoms with van der Waals surface area (Å²) >= 11 is -0.720. The fourth-order valence-electron chi connectivity index (χ4n) is 8.61. The van der Waals surface area contributed by atoms with Crippen LogP contribution in [0.2, 0.25) is 0 Å². The first-order valence-corrected chi connectivity index (χ1v) is 18.9. The van der Waals surface area contributed by atoms with Gasteiger partial charge in [0.1, 0.15) is 0 Å². The fraction of sp³-hybridized carbons (Fsp3) is 0.190. The third-order valence-corrected chi connectivity index (χ3v) is 14.0. The summed E-state index contributed by atoms with van der Waals surface area (Å²) in [5, 5.41) is 0. The van der Waals surface area contributed by atoms with E-state index in [1.165, 1.54) is 58.6 Å². The van der Waals surface area contributed by atoms with Gasteiger partial charge in [0, 0.05) is 0 Å². The van der Waals surface area contributed by atoms with Crippen LogP contribution in [-0.4, -0.2) is 23.8 Å². The predicted molar refractivity (Wildman–Crippen MR) is 191 cm³/mol. The van der Waals surface area contributed by atoms with Crippen molar-refractivity contribution in [1.29, 1.82) is 0 Å². The molecule has 5 nitrogen and oxygen atoms in total. The molecule has 5 aliphatic rings. The van der Waals surface area contributed by atoms with Crippen molar-refractivity contribution in [1.82, 2.24) is 9.80 Å². The second kappa shape index (κ2) is 9.45. The molecule has 48 heavy (non-hydrogen) atoms. The summed E-state index contributed by atoms with van der Waals surface area (Å²) in [6.45, 7) is 11.8. The maximum absolute atomic E-state index is 6.77. The fourth-order valence-corrected chi connectivity index (χ4v) is 13.2. The van der Waals surface area contributed by atoms with Crippen molar-refractivity contribution in [3.05, 3.63) is 155 Å². The Hall–Kier alpha value is -4.73. The Kier molecular flexibility index (Phi) is 5.57. The van der Waals surface area contributed by atoms with Gasteiger partial charge in [0.15, 0.2) is 0 Å². The molecule has 0 N–H and O–H groups in total. The Morgan fingerprint density at radius 1 is 0.583 bits per heavy atom. The summed E-state index contributed by atoms with van der Waals surface area (Å²) in [7, 11) is 0. The molecule has 6 bridgehead atoms. The van der Waals surface area contributed by atoms with Crippen molar-refractivity contribution in [2.45, 2.75) is 51.4 Å². The molecule has 0 saturated heterocycles. The SMILES string of the molecule is Cc1cccc2c1N1[C]3=[Pt]=[C]4N(C=CN4C1(C)C)C1(c4cccc(c4)Oc4cccc(c4)C(C)(C)N32)c2ccccc2-c2ccccc21. The zero-order chi connectivity index (χ0) is 32.6. The standard InChI is InChI=1S/C42H36N4O.Pt/c1-29-13-10-22-38-39(29)46-28-45(38)40(2,3)30-14-11-16-32(25-30)47-33-17-12-15-31(26-33)42(44-24-23-43(27-44)41(46,4)5)36-20-8-6-18-34(36)35-19-7-9-21-37(35)42;/h6-26H,1-5H3;. The van der Waals surface area contributed by atoms with Gasteiger partial charge < -0.3 is 0 Å². The van der Waals surface area contributed by atoms with Crippen LogP contribution < -0.4 is 14.5 Å². The van der Waals surface area contributed by atoms with Crippen molar-refractivity contribution >= 4 is 19.7 Å². The summed E-state index contributed by atoms with van der Waals surface area (Å²) in [5.74, 6) is 1.69. The summed E-state index contributed by atoms with van der Waals surface area (Å²) in [6.07, 6.45) is 4.69. The number of hydrogen-bond acceptors (Lipinski definition) is 5. The Balaban J connectivity index is 1.38. The molecule has 4 heterocycles. The van der Waals surface area contributed by atoms with Gasteiger partial charge in [-0.25, -0.2) is 0 Å². The van der Waals surface area contributed by atoms with Gasteiger partial charge >= 0.3 is 291 Å². The van der Waals surface area contributed by atoms with Crippen LogP contribution in [-0.2, 0) is 28.7 Å². The molecule has 0 amide bonds. The number of hydrogen-bond donors (Lipinski definition) is 0. The average Bonchev–Trinajstić information content (AvgIpc) is 3.76. The topological polar surface area (TPSA) is 22.2 Å². The summed E-state index contributed by atoms with van der Waals surface area (Å²) in [5.41, 5.74) is 10.2. The third-order valence-electron chi connectivity index (χ3n) is 10.9. The molecule has 240 valence electrons. The van der Waals surface area contributed by atoms with Crippen LogP contribution in [0.4, 0.5) is 11.4 Å². The Morgan fingerprint density at radius 3 is 1.90 bits per heavy atom. The molecule has 0 radical (unpaired) electrons. The number of para-hydroxylation sites is 1. The number of nitrogens with zero attached hydrogens (tertiary/aromatic N) is 4. The second-order valence-corrected chi connectivity index (χ2v) is 16.8. The Labute approximate surface area is 289 Å². The average molecular weight is 808 g/mol. The summed E-state index contributed by atoms with van der Waals surface area (Å²) < 4.78 is 9.55. The van der Waals surface area contributed by atoms with Crippen molar-refractivity contribution in [3.63, 3.8) is 0 Å². The van der Waals surface area contributed by atoms with Gasteiger partial charge in [0.05, 0.1) is 0 Å². The molecule has 1 spiro atoms. The van der Waals surface area contributed by atoms with Gasteiger partial charge in [-0.05, 0) is 0 Å². The molecule has 5 aromatic carbocycles. The van der Waals surface area contributed by atoms with E-state index in [9.17, 15) is 0 Å². The first-order valence-electron chi connectivity index (χ1n) is 16.6. The van der Waals surface area contributed by atoms with Crippen LogP contribution in [0.5, 0.6) is 11.5 Å². The predicted octanol–water partition coefficient (Wildman–Crippen LogP) is 8.73. The molecule has 1 aliphatic carbocycles. The van der Waals surface area contributed by atoms with Gasteiger partial charge in [-0.1, -0.05) is 0 Å². The second-order valence-electron chi connectivity index (χ2n) is 14.2. The van der Waals surface area contributed by atoms with Crippen molar-refractivity contribution < 1.29 is 22.4 Å². The van der Waals surface area contributed by atoms with Crippen LogP contribution in [0.15, 0.2) is 128 Å². The van der Waals surface area contributed by atoms with Crippen LogP contribution in [0.1, 0.15) is 55.5 Å². The van der Waals surface area contributed by atoms with Gasteiger partial charge in [-0.2, -0.15) is 0 Å². The quantitative estimate of drug-likeness (QED) is 0.156. The number of fused-ring (bicyclic) bond motifs is 14. The summed E-state index contributed by atoms with van der Waals surface area (Å²) in [6, 6.07) is 42.3. The van der Waals surface area contributed by atoms with E-state index in [0.717, 1.165) is 11.5 Å². The van der Waals surface area contributed by atoms with Crippen LogP contribution >= 0.6 is 0 Å². The van der Waals surface area contributed by atoms with E-state index in [4.69, 9.17) is 4.74 Å². The van der Waals surface area contributed by atoms with Crippen LogP contribution in [0.25, 0.3) is 11.1 Å². The van der Waals surface area contributed by atoms with Crippen molar-refractivity contribution in [3.8, 4) is 22.6 Å². The number of benzene rings is 5. The molecule has 0 fully saturated rings. The number of ether oxygens (including phenoxy) is 1. The molecule has 0 atom stereocenters. The van der Waals surface area contributed by atoms with E-state index < -0.39 is 23.2 Å². The number of rotatable bonds is 0. The Bertz CT molecular complexity index is 2280. The number of anilines is 2. The van der Waals surface area contributed by atoms with Gasteiger partial charge in [0.2, 0.25) is 0 Å². The molecule has 6 heteroatoms. The minimum atomic E-state index is -0.720. The zero-order valence-corrected chi connectivity index (χ0v) is 29.9. The minimum absolute atomic E-state index is 0.349. The van der Waals surface area contributed by atoms with Crippen molar-refractivity contribution in [2.24, 2.45) is 0 Å². The first kappa shape index (κ1) is 28.3. The number of aryl methyl sites for hydroxylation is 1. The van der Waals surface area contributed by atoms with Gasteiger partial charge in [-0.15, -0.1) is 0 Å². The van der Waals surface area contributed by atoms with E-state index in [0.29, 0.717) is 0 Å². The van der Waals surface area contributed by atoms with E-state index in [1.807, 2.05) is 0 Å². The molecular weight excluding hydrogens is 772 g/mol. The van der Waals surface area contributed by atoms with E-state index in [-0.39, 0.29) is 11.2 Å².